The van der Waals surface area contributed by atoms with Crippen molar-refractivity contribution in [3.05, 3.63) is 76.7 Å². The fraction of sp³-hybridized carbons (Fsp3) is 0.0952. The average molecular weight is 459 g/mol. The first-order valence-corrected chi connectivity index (χ1v) is 8.84. The van der Waals surface area contributed by atoms with Gasteiger partial charge in [0, 0.05) is 0 Å². The molecule has 0 aliphatic heterocycles. The van der Waals surface area contributed by atoms with Gasteiger partial charge in [-0.15, -0.1) is 0 Å². The first kappa shape index (κ1) is 24.5. The summed E-state index contributed by atoms with van der Waals surface area (Å²) in [6.07, 6.45) is -1.27. The van der Waals surface area contributed by atoms with E-state index in [1.807, 2.05) is 0 Å². The molecule has 33 heavy (non-hydrogen) atoms. The highest BCUT2D eigenvalue weighted by atomic mass is 16.6. The first-order valence-electron chi connectivity index (χ1n) is 8.84. The molecule has 0 amide bonds. The summed E-state index contributed by atoms with van der Waals surface area (Å²) in [5.74, 6) is -8.25. The van der Waals surface area contributed by atoms with Crippen LogP contribution in [0.2, 0.25) is 0 Å². The monoisotopic (exact) mass is 459 g/mol. The van der Waals surface area contributed by atoms with Crippen molar-refractivity contribution >= 4 is 35.8 Å². The van der Waals surface area contributed by atoms with Crippen molar-refractivity contribution in [1.29, 1.82) is 0 Å². The summed E-state index contributed by atoms with van der Waals surface area (Å²) in [6.45, 7) is 2.88. The summed E-state index contributed by atoms with van der Waals surface area (Å²) in [6, 6.07) is 5.54. The second-order valence-electron chi connectivity index (χ2n) is 6.37. The van der Waals surface area contributed by atoms with Crippen LogP contribution in [-0.4, -0.2) is 69.0 Å². The smallest absolute Gasteiger partial charge is 0.338 e. The molecule has 12 nitrogen and oxygen atoms in total. The van der Waals surface area contributed by atoms with E-state index < -0.39 is 70.8 Å². The molecule has 0 aromatic heterocycles. The number of carboxylic acid groups (broad SMARTS) is 4. The number of esters is 2. The molecule has 0 bridgehead atoms. The zero-order valence-corrected chi connectivity index (χ0v) is 16.5. The van der Waals surface area contributed by atoms with E-state index in [4.69, 9.17) is 29.9 Å². The number of rotatable bonds is 9. The van der Waals surface area contributed by atoms with Crippen molar-refractivity contribution in [2.24, 2.45) is 0 Å². The Bertz CT molecular complexity index is 1160. The van der Waals surface area contributed by atoms with Gasteiger partial charge in [0.15, 0.2) is 0 Å². The van der Waals surface area contributed by atoms with Crippen molar-refractivity contribution in [3.8, 4) is 0 Å². The minimum absolute atomic E-state index is 0.272. The highest BCUT2D eigenvalue weighted by Crippen LogP contribution is 2.16. The zero-order valence-electron chi connectivity index (χ0n) is 16.5. The zero-order chi connectivity index (χ0) is 24.9. The molecule has 4 N–H and O–H groups in total. The van der Waals surface area contributed by atoms with Gasteiger partial charge < -0.3 is 29.9 Å². The summed E-state index contributed by atoms with van der Waals surface area (Å²) < 4.78 is 9.81. The quantitative estimate of drug-likeness (QED) is 0.396. The maximum absolute atomic E-state index is 12.2. The van der Waals surface area contributed by atoms with Crippen LogP contribution in [0.5, 0.6) is 0 Å². The van der Waals surface area contributed by atoms with Crippen LogP contribution in [0.1, 0.15) is 62.1 Å². The van der Waals surface area contributed by atoms with E-state index in [9.17, 15) is 28.8 Å². The van der Waals surface area contributed by atoms with Crippen molar-refractivity contribution in [2.75, 3.05) is 6.61 Å². The second-order valence-corrected chi connectivity index (χ2v) is 6.37. The summed E-state index contributed by atoms with van der Waals surface area (Å²) in [5.41, 5.74) is -2.89. The molecular weight excluding hydrogens is 444 g/mol. The number of carbonyl (C=O) groups is 6. The Morgan fingerprint density at radius 2 is 1.06 bits per heavy atom. The largest absolute Gasteiger partial charge is 0.478 e. The van der Waals surface area contributed by atoms with E-state index in [1.165, 1.54) is 0 Å². The number of hydrogen-bond acceptors (Lipinski definition) is 8. The molecule has 1 radical (unpaired) electrons. The fourth-order valence-electron chi connectivity index (χ4n) is 2.57. The van der Waals surface area contributed by atoms with Gasteiger partial charge >= 0.3 is 35.8 Å². The van der Waals surface area contributed by atoms with E-state index in [0.29, 0.717) is 0 Å². The van der Waals surface area contributed by atoms with Crippen molar-refractivity contribution in [2.45, 2.75) is 6.10 Å². The predicted molar refractivity (Wildman–Crippen MR) is 106 cm³/mol. The van der Waals surface area contributed by atoms with Crippen molar-refractivity contribution < 1.29 is 58.7 Å². The molecule has 0 fully saturated rings. The van der Waals surface area contributed by atoms with E-state index >= 15 is 0 Å². The minimum Gasteiger partial charge on any atom is -0.478 e. The topological polar surface area (TPSA) is 202 Å². The molecule has 12 heteroatoms. The molecule has 0 saturated carbocycles. The first-order chi connectivity index (χ1) is 15.4. The van der Waals surface area contributed by atoms with Gasteiger partial charge in [-0.1, -0.05) is 0 Å². The molecule has 2 aromatic carbocycles. The number of carbonyl (C=O) groups excluding carboxylic acids is 2. The lowest BCUT2D eigenvalue weighted by atomic mass is 10.0. The maximum Gasteiger partial charge on any atom is 0.338 e. The number of carboxylic acids is 4. The molecule has 0 saturated heterocycles. The highest BCUT2D eigenvalue weighted by Gasteiger charge is 2.22. The molecular formula is C21H15O12. The molecule has 2 rings (SSSR count). The van der Waals surface area contributed by atoms with Gasteiger partial charge in [-0.25, -0.2) is 28.8 Å². The highest BCUT2D eigenvalue weighted by molar-refractivity contribution is 6.04. The third-order valence-electron chi connectivity index (χ3n) is 4.11. The fourth-order valence-corrected chi connectivity index (χ4v) is 2.57. The van der Waals surface area contributed by atoms with Gasteiger partial charge in [-0.3, -0.25) is 0 Å². The molecule has 0 aliphatic carbocycles. The van der Waals surface area contributed by atoms with E-state index in [-0.39, 0.29) is 11.1 Å². The minimum atomic E-state index is -1.57. The molecule has 2 aromatic rings. The summed E-state index contributed by atoms with van der Waals surface area (Å²) in [7, 11) is 0. The Kier molecular flexibility index (Phi) is 7.47. The lowest BCUT2D eigenvalue weighted by Gasteiger charge is -2.14. The number of aromatic carboxylic acids is 4. The van der Waals surface area contributed by atoms with Crippen LogP contribution in [0.25, 0.3) is 0 Å². The SMILES string of the molecule is [CH2]C(COC(=O)c1ccc(C(=O)O)c(C(=O)O)c1)OC(=O)c1ccc(C(=O)O)c(C(=O)O)c1. The molecule has 0 heterocycles. The van der Waals surface area contributed by atoms with Gasteiger partial charge in [0.2, 0.25) is 0 Å². The van der Waals surface area contributed by atoms with Crippen molar-refractivity contribution in [1.82, 2.24) is 0 Å². The predicted octanol–water partition coefficient (Wildman–Crippen LogP) is 1.70. The Morgan fingerprint density at radius 1 is 0.667 bits per heavy atom. The maximum atomic E-state index is 12.2. The van der Waals surface area contributed by atoms with E-state index in [0.717, 1.165) is 36.4 Å². The van der Waals surface area contributed by atoms with Gasteiger partial charge in [0.05, 0.1) is 33.4 Å². The number of ether oxygens (including phenoxy) is 2. The van der Waals surface area contributed by atoms with E-state index in [2.05, 4.69) is 6.92 Å². The lowest BCUT2D eigenvalue weighted by Crippen LogP contribution is -2.23. The molecule has 171 valence electrons. The van der Waals surface area contributed by atoms with Crippen LogP contribution < -0.4 is 0 Å². The summed E-state index contributed by atoms with van der Waals surface area (Å²) in [5, 5.41) is 36.2. The average Bonchev–Trinajstić information content (AvgIpc) is 2.76. The Hall–Kier alpha value is -4.74. The number of benzene rings is 2. The second kappa shape index (κ2) is 10.0. The summed E-state index contributed by atoms with van der Waals surface area (Å²) >= 11 is 0. The standard InChI is InChI=1S/C21H15O12/c1-9(33-21(31)11-3-5-13(17(24)25)15(7-11)19(28)29)8-32-20(30)10-2-4-12(16(22)23)14(6-10)18(26)27/h2-7,9H,1,8H2,(H,22,23)(H,24,25)(H,26,27)(H,28,29). The molecule has 1 unspecified atom stereocenters. The molecule has 0 spiro atoms. The van der Waals surface area contributed by atoms with Crippen LogP contribution >= 0.6 is 0 Å². The van der Waals surface area contributed by atoms with Gasteiger partial charge in [-0.05, 0) is 43.3 Å². The van der Waals surface area contributed by atoms with Crippen LogP contribution in [0.4, 0.5) is 0 Å². The van der Waals surface area contributed by atoms with Gasteiger partial charge in [0.25, 0.3) is 0 Å². The van der Waals surface area contributed by atoms with E-state index in [1.54, 1.807) is 0 Å². The van der Waals surface area contributed by atoms with Crippen LogP contribution in [-0.2, 0) is 9.47 Å². The number of hydrogen-bond donors (Lipinski definition) is 4. The van der Waals surface area contributed by atoms with Crippen LogP contribution in [0.3, 0.4) is 0 Å². The van der Waals surface area contributed by atoms with Crippen LogP contribution in [0, 0.1) is 6.92 Å². The Labute approximate surface area is 184 Å². The van der Waals surface area contributed by atoms with Gasteiger partial charge in [0.1, 0.15) is 12.7 Å². The molecule has 0 aliphatic rings. The Morgan fingerprint density at radius 3 is 1.45 bits per heavy atom. The molecule has 1 atom stereocenters. The third kappa shape index (κ3) is 5.91. The summed E-state index contributed by atoms with van der Waals surface area (Å²) in [4.78, 5) is 68.8. The van der Waals surface area contributed by atoms with Crippen LogP contribution in [0.15, 0.2) is 36.4 Å². The lowest BCUT2D eigenvalue weighted by molar-refractivity contribution is 0.0106. The normalized spacial score (nSPS) is 11.2. The van der Waals surface area contributed by atoms with Gasteiger partial charge in [-0.2, -0.15) is 0 Å². The third-order valence-corrected chi connectivity index (χ3v) is 4.11. The Balaban J connectivity index is 2.06. The van der Waals surface area contributed by atoms with Crippen molar-refractivity contribution in [3.63, 3.8) is 0 Å².